The summed E-state index contributed by atoms with van der Waals surface area (Å²) in [5, 5.41) is 4.35. The highest BCUT2D eigenvalue weighted by Gasteiger charge is 2.13. The van der Waals surface area contributed by atoms with Crippen molar-refractivity contribution in [1.29, 1.82) is 0 Å². The molecule has 0 aromatic heterocycles. The van der Waals surface area contributed by atoms with Crippen LogP contribution >= 0.6 is 23.4 Å². The molecule has 1 nitrogen and oxygen atoms in total. The lowest BCUT2D eigenvalue weighted by Gasteiger charge is -2.22. The number of halogens is 1. The molecule has 21 heavy (non-hydrogen) atoms. The Morgan fingerprint density at radius 3 is 2.33 bits per heavy atom. The van der Waals surface area contributed by atoms with E-state index in [-0.39, 0.29) is 5.54 Å². The molecule has 2 aromatic rings. The minimum absolute atomic E-state index is 0.0732. The van der Waals surface area contributed by atoms with Crippen molar-refractivity contribution in [3.63, 3.8) is 0 Å². The zero-order valence-corrected chi connectivity index (χ0v) is 14.6. The molecule has 0 radical (unpaired) electrons. The van der Waals surface area contributed by atoms with E-state index in [1.54, 1.807) is 11.8 Å². The average Bonchev–Trinajstić information content (AvgIpc) is 2.39. The summed E-state index contributed by atoms with van der Waals surface area (Å²) in [6.07, 6.45) is 0. The van der Waals surface area contributed by atoms with Crippen LogP contribution in [0.4, 0.5) is 0 Å². The average molecular weight is 320 g/mol. The molecule has 2 rings (SSSR count). The van der Waals surface area contributed by atoms with Gasteiger partial charge in [0.15, 0.2) is 0 Å². The molecule has 0 fully saturated rings. The van der Waals surface area contributed by atoms with Crippen molar-refractivity contribution >= 4 is 23.4 Å². The zero-order valence-electron chi connectivity index (χ0n) is 13.0. The van der Waals surface area contributed by atoms with Gasteiger partial charge in [0.05, 0.1) is 0 Å². The van der Waals surface area contributed by atoms with Crippen LogP contribution in [0.1, 0.15) is 31.9 Å². The summed E-state index contributed by atoms with van der Waals surface area (Å²) in [7, 11) is 0. The standard InChI is InChI=1S/C18H22ClNS/c1-13-8-5-6-10-16(13)21-17-11-7-9-15(19)14(17)12-20-18(2,3)4/h5-11,20H,12H2,1-4H3. The van der Waals surface area contributed by atoms with Crippen LogP contribution in [0.25, 0.3) is 0 Å². The summed E-state index contributed by atoms with van der Waals surface area (Å²) in [5.74, 6) is 0. The minimum atomic E-state index is 0.0732. The molecule has 0 aliphatic rings. The van der Waals surface area contributed by atoms with Crippen molar-refractivity contribution < 1.29 is 0 Å². The molecular weight excluding hydrogens is 298 g/mol. The van der Waals surface area contributed by atoms with E-state index in [9.17, 15) is 0 Å². The van der Waals surface area contributed by atoms with E-state index >= 15 is 0 Å². The lowest BCUT2D eigenvalue weighted by atomic mass is 10.1. The molecule has 0 amide bonds. The Labute approximate surface area is 137 Å². The van der Waals surface area contributed by atoms with Gasteiger partial charge in [-0.1, -0.05) is 47.6 Å². The van der Waals surface area contributed by atoms with Crippen LogP contribution in [0.3, 0.4) is 0 Å². The molecule has 112 valence electrons. The van der Waals surface area contributed by atoms with Crippen LogP contribution in [0.15, 0.2) is 52.3 Å². The highest BCUT2D eigenvalue weighted by Crippen LogP contribution is 2.35. The number of hydrogen-bond acceptors (Lipinski definition) is 2. The van der Waals surface area contributed by atoms with Gasteiger partial charge in [-0.05, 0) is 57.0 Å². The Morgan fingerprint density at radius 1 is 1.00 bits per heavy atom. The first-order valence-corrected chi connectivity index (χ1v) is 8.32. The van der Waals surface area contributed by atoms with Gasteiger partial charge in [0.1, 0.15) is 0 Å². The van der Waals surface area contributed by atoms with E-state index in [0.29, 0.717) is 0 Å². The molecule has 0 spiro atoms. The summed E-state index contributed by atoms with van der Waals surface area (Å²) in [4.78, 5) is 2.49. The molecule has 0 unspecified atom stereocenters. The van der Waals surface area contributed by atoms with Crippen LogP contribution in [0.5, 0.6) is 0 Å². The fourth-order valence-corrected chi connectivity index (χ4v) is 3.31. The van der Waals surface area contributed by atoms with Gasteiger partial charge in [0, 0.05) is 26.9 Å². The smallest absolute Gasteiger partial charge is 0.0462 e. The first kappa shape index (κ1) is 16.4. The van der Waals surface area contributed by atoms with E-state index in [1.165, 1.54) is 20.9 Å². The summed E-state index contributed by atoms with van der Waals surface area (Å²) in [5.41, 5.74) is 2.53. The first-order chi connectivity index (χ1) is 9.87. The Balaban J connectivity index is 2.27. The predicted molar refractivity (Wildman–Crippen MR) is 93.3 cm³/mol. The predicted octanol–water partition coefficient (Wildman–Crippen LogP) is 5.69. The van der Waals surface area contributed by atoms with Gasteiger partial charge >= 0.3 is 0 Å². The van der Waals surface area contributed by atoms with Crippen molar-refractivity contribution in [2.45, 2.75) is 49.6 Å². The maximum Gasteiger partial charge on any atom is 0.0462 e. The second-order valence-corrected chi connectivity index (χ2v) is 7.68. The van der Waals surface area contributed by atoms with Crippen molar-refractivity contribution in [3.8, 4) is 0 Å². The quantitative estimate of drug-likeness (QED) is 0.777. The van der Waals surface area contributed by atoms with Crippen LogP contribution in [-0.2, 0) is 6.54 Å². The number of nitrogens with one attached hydrogen (secondary N) is 1. The van der Waals surface area contributed by atoms with Crippen molar-refractivity contribution in [2.75, 3.05) is 0 Å². The summed E-state index contributed by atoms with van der Waals surface area (Å²) in [6, 6.07) is 14.6. The number of hydrogen-bond donors (Lipinski definition) is 1. The maximum absolute atomic E-state index is 6.41. The highest BCUT2D eigenvalue weighted by atomic mass is 35.5. The Bertz CT molecular complexity index is 617. The van der Waals surface area contributed by atoms with Crippen LogP contribution < -0.4 is 5.32 Å². The van der Waals surface area contributed by atoms with Crippen molar-refractivity contribution in [2.24, 2.45) is 0 Å². The van der Waals surface area contributed by atoms with Gasteiger partial charge in [0.25, 0.3) is 0 Å². The van der Waals surface area contributed by atoms with Gasteiger partial charge in [0.2, 0.25) is 0 Å². The van der Waals surface area contributed by atoms with Crippen LogP contribution in [0, 0.1) is 6.92 Å². The molecule has 0 aliphatic heterocycles. The largest absolute Gasteiger partial charge is 0.308 e. The van der Waals surface area contributed by atoms with Gasteiger partial charge in [-0.15, -0.1) is 0 Å². The molecule has 0 atom stereocenters. The number of benzene rings is 2. The molecule has 3 heteroatoms. The van der Waals surface area contributed by atoms with Gasteiger partial charge in [-0.2, -0.15) is 0 Å². The summed E-state index contributed by atoms with van der Waals surface area (Å²) in [6.45, 7) is 9.41. The third-order valence-electron chi connectivity index (χ3n) is 3.18. The monoisotopic (exact) mass is 319 g/mol. The molecule has 0 saturated heterocycles. The van der Waals surface area contributed by atoms with Crippen LogP contribution in [-0.4, -0.2) is 5.54 Å². The normalized spacial score (nSPS) is 11.7. The first-order valence-electron chi connectivity index (χ1n) is 7.13. The number of aryl methyl sites for hydroxylation is 1. The SMILES string of the molecule is Cc1ccccc1Sc1cccc(Cl)c1CNC(C)(C)C. The fourth-order valence-electron chi connectivity index (χ4n) is 1.95. The van der Waals surface area contributed by atoms with E-state index < -0.39 is 0 Å². The second-order valence-electron chi connectivity index (χ2n) is 6.19. The topological polar surface area (TPSA) is 12.0 Å². The third kappa shape index (κ3) is 4.77. The lowest BCUT2D eigenvalue weighted by Crippen LogP contribution is -2.35. The maximum atomic E-state index is 6.41. The molecule has 0 bridgehead atoms. The lowest BCUT2D eigenvalue weighted by molar-refractivity contribution is 0.422. The summed E-state index contributed by atoms with van der Waals surface area (Å²) < 4.78 is 0. The minimum Gasteiger partial charge on any atom is -0.308 e. The summed E-state index contributed by atoms with van der Waals surface area (Å²) >= 11 is 8.19. The second kappa shape index (κ2) is 6.87. The fraction of sp³-hybridized carbons (Fsp3) is 0.333. The van der Waals surface area contributed by atoms with E-state index in [0.717, 1.165) is 11.6 Å². The third-order valence-corrected chi connectivity index (χ3v) is 4.82. The van der Waals surface area contributed by atoms with E-state index in [4.69, 9.17) is 11.6 Å². The molecule has 0 saturated carbocycles. The Morgan fingerprint density at radius 2 is 1.67 bits per heavy atom. The van der Waals surface area contributed by atoms with E-state index in [1.807, 2.05) is 12.1 Å². The molecule has 0 heterocycles. The van der Waals surface area contributed by atoms with E-state index in [2.05, 4.69) is 63.3 Å². The Hall–Kier alpha value is -0.960. The molecule has 0 aliphatic carbocycles. The number of rotatable bonds is 4. The molecule has 2 aromatic carbocycles. The van der Waals surface area contributed by atoms with Crippen molar-refractivity contribution in [1.82, 2.24) is 5.32 Å². The van der Waals surface area contributed by atoms with Gasteiger partial charge < -0.3 is 5.32 Å². The molecular formula is C18H22ClNS. The van der Waals surface area contributed by atoms with Crippen LogP contribution in [0.2, 0.25) is 5.02 Å². The zero-order chi connectivity index (χ0) is 15.5. The Kier molecular flexibility index (Phi) is 5.37. The van der Waals surface area contributed by atoms with Gasteiger partial charge in [-0.3, -0.25) is 0 Å². The molecule has 1 N–H and O–H groups in total. The highest BCUT2D eigenvalue weighted by molar-refractivity contribution is 7.99. The van der Waals surface area contributed by atoms with Crippen molar-refractivity contribution in [3.05, 3.63) is 58.6 Å². The van der Waals surface area contributed by atoms with Gasteiger partial charge in [-0.25, -0.2) is 0 Å².